The lowest BCUT2D eigenvalue weighted by atomic mass is 9.81. The number of carbonyl (C=O) groups excluding carboxylic acids is 3. The number of aryl methyl sites for hydroxylation is 1. The summed E-state index contributed by atoms with van der Waals surface area (Å²) in [5.74, 6) is -1.63. The average molecular weight is 805 g/mol. The minimum absolute atomic E-state index is 0.0474. The van der Waals surface area contributed by atoms with Crippen LogP contribution in [0.3, 0.4) is 0 Å². The normalized spacial score (nSPS) is 20.2. The molecule has 6 rings (SSSR count). The highest BCUT2D eigenvalue weighted by atomic mass is 32.2. The Bertz CT molecular complexity index is 2320. The Kier molecular flexibility index (Phi) is 12.8. The molecular weight excluding hydrogens is 751 g/mol. The first-order valence-electron chi connectivity index (χ1n) is 20.1. The molecule has 1 N–H and O–H groups in total. The van der Waals surface area contributed by atoms with Gasteiger partial charge in [-0.3, -0.25) is 14.1 Å². The summed E-state index contributed by atoms with van der Waals surface area (Å²) in [5.41, 5.74) is 8.12. The summed E-state index contributed by atoms with van der Waals surface area (Å²) in [6.07, 6.45) is 29.0. The third-order valence-electron chi connectivity index (χ3n) is 11.3. The predicted molar refractivity (Wildman–Crippen MR) is 227 cm³/mol. The van der Waals surface area contributed by atoms with Crippen LogP contribution in [-0.4, -0.2) is 59.2 Å². The summed E-state index contributed by atoms with van der Waals surface area (Å²) >= 11 is 0. The summed E-state index contributed by atoms with van der Waals surface area (Å²) in [5, 5.41) is 0.572. The van der Waals surface area contributed by atoms with Crippen molar-refractivity contribution in [2.24, 2.45) is 0 Å². The number of hydroxylamine groups is 2. The molecule has 0 unspecified atom stereocenters. The van der Waals surface area contributed by atoms with Crippen LogP contribution in [-0.2, 0) is 40.2 Å². The van der Waals surface area contributed by atoms with E-state index >= 15 is 0 Å². The second kappa shape index (κ2) is 17.6. The van der Waals surface area contributed by atoms with Crippen molar-refractivity contribution in [1.29, 1.82) is 0 Å². The smallest absolute Gasteiger partial charge is 0.333 e. The summed E-state index contributed by atoms with van der Waals surface area (Å²) < 4.78 is 36.3. The number of hydrogen-bond donors (Lipinski definition) is 1. The second-order valence-corrected chi connectivity index (χ2v) is 17.7. The molecule has 0 spiro atoms. The topological polar surface area (TPSA) is 124 Å². The lowest BCUT2D eigenvalue weighted by Gasteiger charge is -2.27. The van der Waals surface area contributed by atoms with Crippen molar-refractivity contribution in [1.82, 2.24) is 5.06 Å². The van der Waals surface area contributed by atoms with Gasteiger partial charge in [-0.05, 0) is 81.9 Å². The van der Waals surface area contributed by atoms with Gasteiger partial charge < -0.3 is 9.74 Å². The highest BCUT2D eigenvalue weighted by Gasteiger charge is 2.45. The maximum Gasteiger partial charge on any atom is 0.333 e. The number of allylic oxidation sites excluding steroid dienone is 14. The Morgan fingerprint density at radius 2 is 1.60 bits per heavy atom. The molecule has 0 saturated carbocycles. The number of rotatable bonds is 15. The molecule has 1 fully saturated rings. The number of anilines is 1. The monoisotopic (exact) mass is 804 g/mol. The zero-order valence-corrected chi connectivity index (χ0v) is 34.9. The molecule has 11 heteroatoms. The number of benzene rings is 2. The van der Waals surface area contributed by atoms with Gasteiger partial charge in [-0.1, -0.05) is 92.3 Å². The van der Waals surface area contributed by atoms with E-state index in [-0.39, 0.29) is 29.6 Å². The summed E-state index contributed by atoms with van der Waals surface area (Å²) in [7, 11) is -4.41. The van der Waals surface area contributed by atoms with Gasteiger partial charge in [-0.2, -0.15) is 13.0 Å². The van der Waals surface area contributed by atoms with Crippen LogP contribution in [0, 0.1) is 6.92 Å². The van der Waals surface area contributed by atoms with Crippen LogP contribution in [0.5, 0.6) is 0 Å². The van der Waals surface area contributed by atoms with Crippen molar-refractivity contribution < 1.29 is 36.8 Å². The molecule has 58 heavy (non-hydrogen) atoms. The van der Waals surface area contributed by atoms with Crippen LogP contribution in [0.4, 0.5) is 11.4 Å². The molecule has 0 aromatic heterocycles. The fourth-order valence-electron chi connectivity index (χ4n) is 8.18. The summed E-state index contributed by atoms with van der Waals surface area (Å²) in [4.78, 5) is 43.3. The Hall–Kier alpha value is -5.39. The van der Waals surface area contributed by atoms with Crippen molar-refractivity contribution in [3.8, 4) is 0 Å². The highest BCUT2D eigenvalue weighted by molar-refractivity contribution is 7.85. The molecule has 2 amide bonds. The largest absolute Gasteiger partial charge is 0.344 e. The van der Waals surface area contributed by atoms with Crippen molar-refractivity contribution in [3.05, 3.63) is 137 Å². The van der Waals surface area contributed by atoms with Crippen LogP contribution in [0.2, 0.25) is 0 Å². The standard InChI is InChI=1S/C47H53N3O7S/c1-34-24-26-39-37(32-34)46(2,3)41(49(39)31-17-20-35-18-11-7-6-8-12-19-35)21-13-9-14-22-42-47(4,5)38-33-36(58(54,55)56)25-27-40(38)48(42)30-16-10-15-23-45(53)57-50-43(51)28-29-44(50)52/h6-9,11-14,18-19,21-22,24-27,32-33H,10,15-17,20,23,28-31H2,1-5H3/p+1/b7-6-,8-6?,11-7?,12-8-,18-11?,19-12?,35-18?,35-19?. The van der Waals surface area contributed by atoms with Gasteiger partial charge in [-0.25, -0.2) is 4.79 Å². The van der Waals surface area contributed by atoms with Gasteiger partial charge >= 0.3 is 5.97 Å². The van der Waals surface area contributed by atoms with Gasteiger partial charge in [0, 0.05) is 66.7 Å². The molecule has 1 aliphatic carbocycles. The molecule has 304 valence electrons. The number of carbonyl (C=O) groups is 3. The maximum atomic E-state index is 12.3. The van der Waals surface area contributed by atoms with Gasteiger partial charge in [0.1, 0.15) is 6.54 Å². The predicted octanol–water partition coefficient (Wildman–Crippen LogP) is 8.97. The fraction of sp³-hybridized carbons (Fsp3) is 0.362. The third-order valence-corrected chi connectivity index (χ3v) is 12.2. The Morgan fingerprint density at radius 3 is 2.36 bits per heavy atom. The van der Waals surface area contributed by atoms with E-state index in [0.29, 0.717) is 30.9 Å². The van der Waals surface area contributed by atoms with E-state index < -0.39 is 33.3 Å². The lowest BCUT2D eigenvalue weighted by molar-refractivity contribution is -0.438. The molecule has 2 aromatic carbocycles. The van der Waals surface area contributed by atoms with E-state index in [1.807, 2.05) is 44.2 Å². The van der Waals surface area contributed by atoms with Crippen molar-refractivity contribution in [3.63, 3.8) is 0 Å². The van der Waals surface area contributed by atoms with E-state index in [0.717, 1.165) is 36.3 Å². The zero-order chi connectivity index (χ0) is 41.7. The number of imide groups is 1. The Balaban J connectivity index is 1.19. The van der Waals surface area contributed by atoms with Crippen molar-refractivity contribution in [2.75, 3.05) is 18.0 Å². The molecule has 0 atom stereocenters. The first-order chi connectivity index (χ1) is 27.6. The molecule has 4 aliphatic rings. The quantitative estimate of drug-likeness (QED) is 0.0623. The second-order valence-electron chi connectivity index (χ2n) is 16.2. The number of nitrogens with zero attached hydrogens (tertiary/aromatic N) is 3. The van der Waals surface area contributed by atoms with Gasteiger partial charge in [-0.15, -0.1) is 5.06 Å². The molecule has 10 nitrogen and oxygen atoms in total. The third kappa shape index (κ3) is 9.32. The first-order valence-corrected chi connectivity index (χ1v) is 21.5. The number of unbranched alkanes of at least 4 members (excludes halogenated alkanes) is 2. The number of hydrogen-bond acceptors (Lipinski definition) is 7. The summed E-state index contributed by atoms with van der Waals surface area (Å²) in [6.45, 7) is 12.2. The van der Waals surface area contributed by atoms with Crippen molar-refractivity contribution in [2.45, 2.75) is 102 Å². The van der Waals surface area contributed by atoms with Crippen LogP contribution >= 0.6 is 0 Å². The molecular formula is C47H54N3O7S+. The van der Waals surface area contributed by atoms with E-state index in [1.165, 1.54) is 34.2 Å². The molecule has 0 bridgehead atoms. The summed E-state index contributed by atoms with van der Waals surface area (Å²) in [6, 6.07) is 11.4. The molecule has 0 radical (unpaired) electrons. The zero-order valence-electron chi connectivity index (χ0n) is 34.1. The van der Waals surface area contributed by atoms with Gasteiger partial charge in [0.2, 0.25) is 5.69 Å². The van der Waals surface area contributed by atoms with E-state index in [4.69, 9.17) is 4.84 Å². The lowest BCUT2D eigenvalue weighted by Crippen LogP contribution is -2.31. The van der Waals surface area contributed by atoms with Gasteiger partial charge in [0.15, 0.2) is 5.71 Å². The van der Waals surface area contributed by atoms with Crippen molar-refractivity contribution >= 4 is 45.0 Å². The molecule has 3 aliphatic heterocycles. The van der Waals surface area contributed by atoms with E-state index in [2.05, 4.69) is 91.0 Å². The maximum absolute atomic E-state index is 12.3. The van der Waals surface area contributed by atoms with Gasteiger partial charge in [0.05, 0.1) is 10.3 Å². The SMILES string of the molecule is Cc1ccc2c(c1)C(C)(C)C(=CC=CC=CC1=[N+](CCCCCC(=O)ON3C(=O)CCC3=O)c3ccc(S(=O)(=O)O)cc3C1(C)C)N2CCCC1=C/C=C\C=C/C=C1. The van der Waals surface area contributed by atoms with Crippen LogP contribution in [0.15, 0.2) is 125 Å². The van der Waals surface area contributed by atoms with Crippen LogP contribution in [0.1, 0.15) is 95.8 Å². The minimum Gasteiger partial charge on any atom is -0.344 e. The van der Waals surface area contributed by atoms with E-state index in [1.54, 1.807) is 12.1 Å². The Labute approximate surface area is 342 Å². The van der Waals surface area contributed by atoms with E-state index in [9.17, 15) is 27.4 Å². The first kappa shape index (κ1) is 42.2. The molecule has 3 heterocycles. The molecule has 2 aromatic rings. The number of fused-ring (bicyclic) bond motifs is 2. The van der Waals surface area contributed by atoms with Crippen LogP contribution in [0.25, 0.3) is 0 Å². The van der Waals surface area contributed by atoms with Crippen LogP contribution < -0.4 is 4.90 Å². The Morgan fingerprint density at radius 1 is 0.862 bits per heavy atom. The van der Waals surface area contributed by atoms with Gasteiger partial charge in [0.25, 0.3) is 21.9 Å². The average Bonchev–Trinajstić information content (AvgIpc) is 3.66. The minimum atomic E-state index is -4.41. The fourth-order valence-corrected chi connectivity index (χ4v) is 8.69. The highest BCUT2D eigenvalue weighted by Crippen LogP contribution is 2.48. The number of amides is 2. The molecule has 1 saturated heterocycles.